The van der Waals surface area contributed by atoms with Gasteiger partial charge in [-0.25, -0.2) is 0 Å². The van der Waals surface area contributed by atoms with Crippen LogP contribution in [0, 0.1) is 13.8 Å². The lowest BCUT2D eigenvalue weighted by molar-refractivity contribution is -0.131. The third-order valence-corrected chi connectivity index (χ3v) is 3.81. The molecular weight excluding hydrogens is 332 g/mol. The number of carbonyl (C=O) groups excluding carboxylic acids is 2. The minimum atomic E-state index is -0.449. The van der Waals surface area contributed by atoms with Crippen molar-refractivity contribution in [1.82, 2.24) is 10.9 Å². The summed E-state index contributed by atoms with van der Waals surface area (Å²) in [6.45, 7) is 5.46. The Morgan fingerprint density at radius 2 is 1.42 bits per heavy atom. The van der Waals surface area contributed by atoms with Crippen molar-refractivity contribution in [3.8, 4) is 11.5 Å². The summed E-state index contributed by atoms with van der Waals surface area (Å²) in [6.07, 6.45) is 0.810. The molecule has 138 valence electrons. The molecule has 0 saturated heterocycles. The Labute approximate surface area is 153 Å². The van der Waals surface area contributed by atoms with Gasteiger partial charge in [-0.3, -0.25) is 20.4 Å². The van der Waals surface area contributed by atoms with E-state index in [4.69, 9.17) is 9.47 Å². The first kappa shape index (κ1) is 19.3. The summed E-state index contributed by atoms with van der Waals surface area (Å²) < 4.78 is 11.0. The Morgan fingerprint density at radius 3 is 2.04 bits per heavy atom. The molecule has 6 nitrogen and oxygen atoms in total. The molecule has 0 spiro atoms. The largest absolute Gasteiger partial charge is 0.483 e. The van der Waals surface area contributed by atoms with E-state index in [1.54, 1.807) is 0 Å². The van der Waals surface area contributed by atoms with Gasteiger partial charge in [0.2, 0.25) is 0 Å². The van der Waals surface area contributed by atoms with E-state index in [0.29, 0.717) is 11.5 Å². The first-order valence-electron chi connectivity index (χ1n) is 8.48. The van der Waals surface area contributed by atoms with E-state index < -0.39 is 11.8 Å². The normalized spacial score (nSPS) is 10.1. The van der Waals surface area contributed by atoms with Crippen LogP contribution < -0.4 is 20.3 Å². The first-order chi connectivity index (χ1) is 12.5. The number of rotatable bonds is 7. The van der Waals surface area contributed by atoms with Crippen molar-refractivity contribution >= 4 is 11.8 Å². The van der Waals surface area contributed by atoms with Gasteiger partial charge in [0.25, 0.3) is 11.8 Å². The molecule has 26 heavy (non-hydrogen) atoms. The Morgan fingerprint density at radius 1 is 0.846 bits per heavy atom. The number of benzene rings is 2. The van der Waals surface area contributed by atoms with Crippen LogP contribution in [0.15, 0.2) is 42.5 Å². The maximum Gasteiger partial charge on any atom is 0.276 e. The van der Waals surface area contributed by atoms with Gasteiger partial charge in [-0.2, -0.15) is 0 Å². The molecule has 0 saturated carbocycles. The van der Waals surface area contributed by atoms with Crippen LogP contribution >= 0.6 is 0 Å². The number of para-hydroxylation sites is 2. The van der Waals surface area contributed by atoms with E-state index in [9.17, 15) is 9.59 Å². The Kier molecular flexibility index (Phi) is 7.02. The summed E-state index contributed by atoms with van der Waals surface area (Å²) in [5.41, 5.74) is 7.54. The lowest BCUT2D eigenvalue weighted by atomic mass is 10.1. The number of hydrazine groups is 1. The summed E-state index contributed by atoms with van der Waals surface area (Å²) in [5, 5.41) is 0. The fourth-order valence-electron chi connectivity index (χ4n) is 2.46. The molecule has 0 aliphatic heterocycles. The van der Waals surface area contributed by atoms with Gasteiger partial charge in [0.1, 0.15) is 11.5 Å². The minimum Gasteiger partial charge on any atom is -0.483 e. The van der Waals surface area contributed by atoms with Gasteiger partial charge in [-0.05, 0) is 43.0 Å². The van der Waals surface area contributed by atoms with Gasteiger partial charge in [0.15, 0.2) is 13.2 Å². The molecule has 0 radical (unpaired) electrons. The lowest BCUT2D eigenvalue weighted by Crippen LogP contribution is -2.45. The van der Waals surface area contributed by atoms with Crippen molar-refractivity contribution in [2.75, 3.05) is 13.2 Å². The van der Waals surface area contributed by atoms with Crippen molar-refractivity contribution in [3.63, 3.8) is 0 Å². The van der Waals surface area contributed by atoms with Crippen LogP contribution in [0.3, 0.4) is 0 Å². The highest BCUT2D eigenvalue weighted by atomic mass is 16.5. The topological polar surface area (TPSA) is 76.7 Å². The molecule has 0 fully saturated rings. The van der Waals surface area contributed by atoms with Crippen molar-refractivity contribution in [2.45, 2.75) is 27.2 Å². The Hall–Kier alpha value is -3.02. The molecule has 2 aromatic carbocycles. The standard InChI is InChI=1S/C20H24N2O4/c1-4-16-10-5-6-11-17(16)25-12-18(23)21-22-19(24)13-26-20-14(2)8-7-9-15(20)3/h5-11H,4,12-13H2,1-3H3,(H,21,23)(H,22,24). The van der Waals surface area contributed by atoms with Crippen LogP contribution in [0.4, 0.5) is 0 Å². The van der Waals surface area contributed by atoms with Crippen molar-refractivity contribution in [3.05, 3.63) is 59.2 Å². The maximum absolute atomic E-state index is 11.8. The number of amides is 2. The molecule has 0 unspecified atom stereocenters. The highest BCUT2D eigenvalue weighted by molar-refractivity contribution is 5.83. The number of ether oxygens (including phenoxy) is 2. The lowest BCUT2D eigenvalue weighted by Gasteiger charge is -2.13. The molecule has 0 aliphatic carbocycles. The van der Waals surface area contributed by atoms with E-state index in [0.717, 1.165) is 23.1 Å². The van der Waals surface area contributed by atoms with E-state index in [1.165, 1.54) is 0 Å². The highest BCUT2D eigenvalue weighted by Gasteiger charge is 2.09. The van der Waals surface area contributed by atoms with Crippen LogP contribution in [0.2, 0.25) is 0 Å². The predicted octanol–water partition coefficient (Wildman–Crippen LogP) is 2.47. The van der Waals surface area contributed by atoms with Gasteiger partial charge >= 0.3 is 0 Å². The zero-order valence-corrected chi connectivity index (χ0v) is 15.3. The molecule has 0 aliphatic rings. The fourth-order valence-corrected chi connectivity index (χ4v) is 2.46. The molecule has 6 heteroatoms. The van der Waals surface area contributed by atoms with Crippen LogP contribution in [0.5, 0.6) is 11.5 Å². The third kappa shape index (κ3) is 5.51. The van der Waals surface area contributed by atoms with E-state index >= 15 is 0 Å². The van der Waals surface area contributed by atoms with Crippen molar-refractivity contribution in [1.29, 1.82) is 0 Å². The van der Waals surface area contributed by atoms with E-state index in [1.807, 2.05) is 63.2 Å². The summed E-state index contributed by atoms with van der Waals surface area (Å²) in [5.74, 6) is 0.439. The van der Waals surface area contributed by atoms with Crippen molar-refractivity contribution < 1.29 is 19.1 Å². The number of carbonyl (C=O) groups is 2. The molecule has 2 N–H and O–H groups in total. The Balaban J connectivity index is 1.74. The van der Waals surface area contributed by atoms with Crippen LogP contribution in [0.1, 0.15) is 23.6 Å². The summed E-state index contributed by atoms with van der Waals surface area (Å²) in [6, 6.07) is 13.3. The third-order valence-electron chi connectivity index (χ3n) is 3.81. The number of nitrogens with one attached hydrogen (secondary N) is 2. The average Bonchev–Trinajstić information content (AvgIpc) is 2.64. The Bertz CT molecular complexity index is 754. The average molecular weight is 356 g/mol. The number of aryl methyl sites for hydroxylation is 3. The van der Waals surface area contributed by atoms with Gasteiger partial charge < -0.3 is 9.47 Å². The zero-order chi connectivity index (χ0) is 18.9. The second-order valence-corrected chi connectivity index (χ2v) is 5.86. The van der Waals surface area contributed by atoms with Gasteiger partial charge in [0.05, 0.1) is 0 Å². The quantitative estimate of drug-likeness (QED) is 0.747. The van der Waals surface area contributed by atoms with Crippen LogP contribution in [0.25, 0.3) is 0 Å². The number of hydrogen-bond acceptors (Lipinski definition) is 4. The maximum atomic E-state index is 11.8. The molecule has 2 amide bonds. The zero-order valence-electron chi connectivity index (χ0n) is 15.3. The number of hydrogen-bond donors (Lipinski definition) is 2. The molecule has 2 aromatic rings. The van der Waals surface area contributed by atoms with Crippen LogP contribution in [-0.4, -0.2) is 25.0 Å². The minimum absolute atomic E-state index is 0.185. The second-order valence-electron chi connectivity index (χ2n) is 5.86. The predicted molar refractivity (Wildman–Crippen MR) is 99.0 cm³/mol. The van der Waals surface area contributed by atoms with E-state index in [2.05, 4.69) is 10.9 Å². The first-order valence-corrected chi connectivity index (χ1v) is 8.48. The van der Waals surface area contributed by atoms with Gasteiger partial charge in [-0.1, -0.05) is 43.3 Å². The van der Waals surface area contributed by atoms with Crippen LogP contribution in [-0.2, 0) is 16.0 Å². The van der Waals surface area contributed by atoms with E-state index in [-0.39, 0.29) is 13.2 Å². The molecule has 0 bridgehead atoms. The molecule has 2 rings (SSSR count). The SMILES string of the molecule is CCc1ccccc1OCC(=O)NNC(=O)COc1c(C)cccc1C. The summed E-state index contributed by atoms with van der Waals surface area (Å²) in [4.78, 5) is 23.6. The monoisotopic (exact) mass is 356 g/mol. The molecule has 0 aromatic heterocycles. The molecule has 0 heterocycles. The van der Waals surface area contributed by atoms with Gasteiger partial charge in [0, 0.05) is 0 Å². The second kappa shape index (κ2) is 9.46. The fraction of sp³-hybridized carbons (Fsp3) is 0.300. The summed E-state index contributed by atoms with van der Waals surface area (Å²) in [7, 11) is 0. The highest BCUT2D eigenvalue weighted by Crippen LogP contribution is 2.22. The van der Waals surface area contributed by atoms with Gasteiger partial charge in [-0.15, -0.1) is 0 Å². The smallest absolute Gasteiger partial charge is 0.276 e. The molecular formula is C20H24N2O4. The van der Waals surface area contributed by atoms with Crippen molar-refractivity contribution in [2.24, 2.45) is 0 Å². The summed E-state index contributed by atoms with van der Waals surface area (Å²) >= 11 is 0. The molecule has 0 atom stereocenters.